The van der Waals surface area contributed by atoms with Gasteiger partial charge in [-0.1, -0.05) is 301 Å². The summed E-state index contributed by atoms with van der Waals surface area (Å²) in [5, 5.41) is 0. The molecular formula is C75H157F7S. The topological polar surface area (TPSA) is 0 Å². The van der Waals surface area contributed by atoms with E-state index in [9.17, 15) is 30.7 Å². The quantitative estimate of drug-likeness (QED) is 0.114. The highest BCUT2D eigenvalue weighted by atomic mass is 32.1. The van der Waals surface area contributed by atoms with Crippen molar-refractivity contribution in [1.82, 2.24) is 0 Å². The van der Waals surface area contributed by atoms with Crippen molar-refractivity contribution >= 4 is 12.6 Å². The Labute approximate surface area is 528 Å². The molecule has 0 aromatic heterocycles. The summed E-state index contributed by atoms with van der Waals surface area (Å²) >= 11 is 4.10. The normalized spacial score (nSPS) is 12.1. The second-order valence-corrected chi connectivity index (χ2v) is 33.8. The number of rotatable bonds is 8. The summed E-state index contributed by atoms with van der Waals surface area (Å²) in [5.74, 6) is -1.44. The van der Waals surface area contributed by atoms with Crippen LogP contribution in [0.2, 0.25) is 0 Å². The highest BCUT2D eigenvalue weighted by Gasteiger charge is 2.28. The zero-order valence-corrected chi connectivity index (χ0v) is 60.4. The van der Waals surface area contributed by atoms with Crippen LogP contribution in [-0.2, 0) is 5.41 Å². The van der Waals surface area contributed by atoms with Gasteiger partial charge in [0, 0.05) is 25.7 Å². The minimum Gasteiger partial charge on any atom is -0.248 e. The fourth-order valence-electron chi connectivity index (χ4n) is 5.34. The van der Waals surface area contributed by atoms with E-state index < -0.39 is 24.4 Å². The van der Waals surface area contributed by atoms with Crippen molar-refractivity contribution in [3.05, 3.63) is 48.6 Å². The first-order valence-electron chi connectivity index (χ1n) is 29.5. The van der Waals surface area contributed by atoms with Crippen LogP contribution in [0.1, 0.15) is 348 Å². The lowest BCUT2D eigenvalue weighted by atomic mass is 9.87. The Bertz CT molecular complexity index is 1460. The average molecular weight is 1220 g/mol. The van der Waals surface area contributed by atoms with Gasteiger partial charge < -0.3 is 0 Å². The molecule has 512 valence electrons. The number of hydrogen-bond donors (Lipinski definition) is 1. The molecule has 83 heavy (non-hydrogen) atoms. The number of thiol groups is 1. The molecule has 0 aliphatic heterocycles. The molecule has 1 unspecified atom stereocenters. The van der Waals surface area contributed by atoms with Crippen LogP contribution in [0.25, 0.3) is 0 Å². The lowest BCUT2D eigenvalue weighted by Gasteiger charge is -2.22. The summed E-state index contributed by atoms with van der Waals surface area (Å²) in [4.78, 5) is 0. The molecule has 1 aromatic carbocycles. The first kappa shape index (κ1) is 112. The third kappa shape index (κ3) is 167. The standard InChI is InChI=1S/C10H14.C8H16F2.2C7H14F2.C7H15F.C7H16.C7H14.C7H12.C6H14.C5H12S.4CH4/c1-10(2,3)9-7-5-4-6-8-9;1-7(2,3)5-6-8(4,9)10;1-6(2,3)5-7(4,8)9;1-7(2,3)5-4-6(8)9;1-6(8)5-7(2,3)4;3*1-5-6-7(2,3)4;1-5-6(2,3)4;1-5(2,3)4-6;;;;/h4-8H,1-3H3;5-6H2,1-4H3;5H2,1-4H3;6H,4-5H2,1-3H3;6H,5H2,1-4H3;5-6H2,1-4H3;5H,1,6H2,2-4H3;1H,6H2,2-4H3;5H2,1-4H3;6H,4H2,1-3H3;4*1H4. The van der Waals surface area contributed by atoms with Gasteiger partial charge in [0.1, 0.15) is 0 Å². The Kier molecular flexibility index (Phi) is 70.9. The van der Waals surface area contributed by atoms with Gasteiger partial charge in [-0.3, -0.25) is 0 Å². The van der Waals surface area contributed by atoms with E-state index in [1.807, 2.05) is 89.2 Å². The van der Waals surface area contributed by atoms with Gasteiger partial charge in [0.2, 0.25) is 18.3 Å². The van der Waals surface area contributed by atoms with Crippen molar-refractivity contribution in [1.29, 1.82) is 0 Å². The molecule has 1 atom stereocenters. The average Bonchev–Trinajstić information content (AvgIpc) is 3.13. The Morgan fingerprint density at radius 2 is 0.819 bits per heavy atom. The predicted molar refractivity (Wildman–Crippen MR) is 380 cm³/mol. The van der Waals surface area contributed by atoms with Gasteiger partial charge in [-0.05, 0) is 118 Å². The van der Waals surface area contributed by atoms with E-state index in [-0.39, 0.29) is 70.6 Å². The van der Waals surface area contributed by atoms with Crippen molar-refractivity contribution in [2.75, 3.05) is 5.75 Å². The molecule has 1 rings (SSSR count). The maximum Gasteiger partial charge on any atom is 0.245 e. The number of terminal acetylenes is 1. The highest BCUT2D eigenvalue weighted by Crippen LogP contribution is 2.31. The van der Waals surface area contributed by atoms with Crippen LogP contribution in [0, 0.1) is 61.1 Å². The fraction of sp³-hybridized carbons (Fsp3) is 0.867. The van der Waals surface area contributed by atoms with E-state index in [0.717, 1.165) is 32.4 Å². The maximum absolute atomic E-state index is 12.3. The third-order valence-electron chi connectivity index (χ3n) is 9.72. The molecule has 0 fully saturated rings. The van der Waals surface area contributed by atoms with Crippen LogP contribution in [0.15, 0.2) is 43.0 Å². The van der Waals surface area contributed by atoms with E-state index >= 15 is 0 Å². The van der Waals surface area contributed by atoms with E-state index in [0.29, 0.717) is 51.8 Å². The van der Waals surface area contributed by atoms with Gasteiger partial charge in [0.05, 0.1) is 6.17 Å². The number of allylic oxidation sites excluding steroid dienone is 1. The summed E-state index contributed by atoms with van der Waals surface area (Å²) in [6.07, 6.45) is 12.0. The molecular weight excluding hydrogens is 1070 g/mol. The molecule has 0 aliphatic carbocycles. The number of hydrogen-bond acceptors (Lipinski definition) is 1. The third-order valence-corrected chi connectivity index (χ3v) is 10.7. The van der Waals surface area contributed by atoms with Gasteiger partial charge in [0.15, 0.2) is 0 Å². The van der Waals surface area contributed by atoms with Gasteiger partial charge in [0.25, 0.3) is 0 Å². The van der Waals surface area contributed by atoms with Gasteiger partial charge in [-0.15, -0.1) is 18.9 Å². The molecule has 0 saturated carbocycles. The molecule has 0 N–H and O–H groups in total. The van der Waals surface area contributed by atoms with Crippen LogP contribution in [0.3, 0.4) is 0 Å². The van der Waals surface area contributed by atoms with Crippen molar-refractivity contribution in [2.45, 2.75) is 373 Å². The SMILES string of the molecule is C.C.C.C.C#CCC(C)(C)C.C=CCC(C)(C)C.CC(C)(C)CC(C)(F)F.CC(C)(C)CCC(C)(F)F.CC(C)(C)CCC(F)F.CC(C)(C)CS.CC(C)(C)c1ccccc1.CC(F)CC(C)(C)C.CCC(C)(C)C.CCCC(C)(C)C. The Morgan fingerprint density at radius 3 is 0.880 bits per heavy atom. The number of halogens is 7. The largest absolute Gasteiger partial charge is 0.248 e. The summed E-state index contributed by atoms with van der Waals surface area (Å²) in [6.45, 7) is 74.7. The molecule has 0 nitrogen and oxygen atoms in total. The molecule has 0 saturated heterocycles. The molecule has 1 aromatic rings. The van der Waals surface area contributed by atoms with Gasteiger partial charge in [-0.25, -0.2) is 30.7 Å². The van der Waals surface area contributed by atoms with Crippen molar-refractivity contribution in [3.63, 3.8) is 0 Å². The summed E-state index contributed by atoms with van der Waals surface area (Å²) < 4.78 is 84.3. The van der Waals surface area contributed by atoms with Crippen LogP contribution < -0.4 is 0 Å². The fourth-order valence-corrected chi connectivity index (χ4v) is 5.34. The van der Waals surface area contributed by atoms with Crippen LogP contribution in [-0.4, -0.2) is 30.2 Å². The minimum absolute atomic E-state index is 0. The smallest absolute Gasteiger partial charge is 0.245 e. The molecule has 0 amide bonds. The summed E-state index contributed by atoms with van der Waals surface area (Å²) in [6, 6.07) is 10.6. The van der Waals surface area contributed by atoms with Crippen molar-refractivity contribution in [3.8, 4) is 12.3 Å². The van der Waals surface area contributed by atoms with Crippen LogP contribution in [0.5, 0.6) is 0 Å². The first-order chi connectivity index (χ1) is 34.2. The van der Waals surface area contributed by atoms with E-state index in [1.165, 1.54) is 24.8 Å². The number of benzene rings is 1. The van der Waals surface area contributed by atoms with Gasteiger partial charge >= 0.3 is 0 Å². The Hall–Kier alpha value is -1.62. The van der Waals surface area contributed by atoms with Crippen LogP contribution in [0.4, 0.5) is 30.7 Å². The van der Waals surface area contributed by atoms with E-state index in [4.69, 9.17) is 6.42 Å². The Balaban J connectivity index is -0.0000000596. The van der Waals surface area contributed by atoms with E-state index in [2.05, 4.69) is 194 Å². The van der Waals surface area contributed by atoms with E-state index in [1.54, 1.807) is 6.92 Å². The lowest BCUT2D eigenvalue weighted by molar-refractivity contribution is -0.0169. The maximum atomic E-state index is 12.3. The Morgan fingerprint density at radius 1 is 0.482 bits per heavy atom. The minimum atomic E-state index is -2.52. The molecule has 0 bridgehead atoms. The zero-order chi connectivity index (χ0) is 66.2. The van der Waals surface area contributed by atoms with Crippen molar-refractivity contribution < 1.29 is 30.7 Å². The second-order valence-electron chi connectivity index (χ2n) is 33.5. The highest BCUT2D eigenvalue weighted by molar-refractivity contribution is 7.80. The monoisotopic (exact) mass is 1220 g/mol. The molecule has 0 aliphatic rings. The zero-order valence-electron chi connectivity index (χ0n) is 59.5. The lowest BCUT2D eigenvalue weighted by Crippen LogP contribution is -2.20. The van der Waals surface area contributed by atoms with Crippen molar-refractivity contribution in [2.24, 2.45) is 48.7 Å². The summed E-state index contributed by atoms with van der Waals surface area (Å²) in [5.41, 5.74) is 3.90. The molecule has 0 spiro atoms. The summed E-state index contributed by atoms with van der Waals surface area (Å²) in [7, 11) is 0. The second kappa shape index (κ2) is 52.3. The van der Waals surface area contributed by atoms with Gasteiger partial charge in [-0.2, -0.15) is 12.6 Å². The number of alkyl halides is 7. The first-order valence-corrected chi connectivity index (χ1v) is 30.2. The van der Waals surface area contributed by atoms with Crippen LogP contribution >= 0.6 is 12.6 Å². The molecule has 0 radical (unpaired) electrons. The molecule has 8 heteroatoms. The molecule has 0 heterocycles. The predicted octanol–water partition coefficient (Wildman–Crippen LogP) is 29.8.